The number of nitrogens with one attached hydrogen (secondary N) is 1. The Morgan fingerprint density at radius 2 is 1.80 bits per heavy atom. The molecule has 1 aliphatic rings. The number of amides is 1. The van der Waals surface area contributed by atoms with Gasteiger partial charge in [-0.1, -0.05) is 24.3 Å². The fourth-order valence-corrected chi connectivity index (χ4v) is 3.09. The van der Waals surface area contributed by atoms with Gasteiger partial charge in [-0.2, -0.15) is 13.2 Å². The van der Waals surface area contributed by atoms with Crippen molar-refractivity contribution in [2.24, 2.45) is 5.73 Å². The molecule has 3 nitrogen and oxygen atoms in total. The first kappa shape index (κ1) is 17.5. The number of hydrogen-bond acceptors (Lipinski definition) is 2. The molecule has 1 saturated carbocycles. The van der Waals surface area contributed by atoms with E-state index in [1.54, 1.807) is 30.3 Å². The molecular formula is C19H19F3N2O. The Labute approximate surface area is 144 Å². The van der Waals surface area contributed by atoms with E-state index in [1.807, 2.05) is 0 Å². The Balaban J connectivity index is 1.84. The second-order valence-corrected chi connectivity index (χ2v) is 6.37. The Bertz CT molecular complexity index is 765. The highest BCUT2D eigenvalue weighted by Gasteiger charge is 2.41. The number of nitrogens with two attached hydrogens (primary N) is 1. The van der Waals surface area contributed by atoms with Crippen molar-refractivity contribution in [2.45, 2.75) is 37.5 Å². The minimum Gasteiger partial charge on any atom is -0.343 e. The molecule has 0 aliphatic heterocycles. The molecule has 1 fully saturated rings. The number of benzene rings is 2. The average molecular weight is 348 g/mol. The summed E-state index contributed by atoms with van der Waals surface area (Å²) in [6.07, 6.45) is -2.28. The highest BCUT2D eigenvalue weighted by Crippen LogP contribution is 2.43. The van der Waals surface area contributed by atoms with E-state index < -0.39 is 17.3 Å². The predicted molar refractivity (Wildman–Crippen MR) is 88.8 cm³/mol. The molecule has 1 aliphatic carbocycles. The Morgan fingerprint density at radius 3 is 2.32 bits per heavy atom. The summed E-state index contributed by atoms with van der Waals surface area (Å²) < 4.78 is 38.9. The smallest absolute Gasteiger partial charge is 0.343 e. The summed E-state index contributed by atoms with van der Waals surface area (Å²) in [5.74, 6) is -0.291. The topological polar surface area (TPSA) is 55.1 Å². The highest BCUT2D eigenvalue weighted by molar-refractivity contribution is 5.94. The van der Waals surface area contributed by atoms with Crippen LogP contribution < -0.4 is 11.1 Å². The van der Waals surface area contributed by atoms with Gasteiger partial charge in [-0.05, 0) is 54.7 Å². The molecule has 0 atom stereocenters. The summed E-state index contributed by atoms with van der Waals surface area (Å²) in [5.41, 5.74) is 5.99. The van der Waals surface area contributed by atoms with Crippen molar-refractivity contribution in [1.82, 2.24) is 5.32 Å². The Morgan fingerprint density at radius 1 is 1.12 bits per heavy atom. The van der Waals surface area contributed by atoms with E-state index in [4.69, 9.17) is 5.73 Å². The van der Waals surface area contributed by atoms with E-state index in [1.165, 1.54) is 6.07 Å². The van der Waals surface area contributed by atoms with Gasteiger partial charge in [0.15, 0.2) is 0 Å². The van der Waals surface area contributed by atoms with Crippen LogP contribution in [0.25, 0.3) is 0 Å². The molecule has 3 N–H and O–H groups in total. The van der Waals surface area contributed by atoms with Crippen molar-refractivity contribution >= 4 is 5.91 Å². The van der Waals surface area contributed by atoms with Gasteiger partial charge in [-0.25, -0.2) is 0 Å². The number of halogens is 3. The van der Waals surface area contributed by atoms with Crippen LogP contribution in [-0.4, -0.2) is 5.91 Å². The molecule has 0 saturated heterocycles. The number of carbonyl (C=O) groups excluding carboxylic acids is 1. The summed E-state index contributed by atoms with van der Waals surface area (Å²) in [6.45, 7) is 0.385. The molecular weight excluding hydrogens is 329 g/mol. The molecule has 0 unspecified atom stereocenters. The zero-order chi connectivity index (χ0) is 18.1. The van der Waals surface area contributed by atoms with E-state index in [0.717, 1.165) is 24.1 Å². The average Bonchev–Trinajstić information content (AvgIpc) is 2.57. The minimum atomic E-state index is -4.40. The van der Waals surface area contributed by atoms with Crippen LogP contribution in [0.15, 0.2) is 48.5 Å². The monoisotopic (exact) mass is 348 g/mol. The van der Waals surface area contributed by atoms with Crippen LogP contribution in [0.3, 0.4) is 0 Å². The predicted octanol–water partition coefficient (Wildman–Crippen LogP) is 3.97. The summed E-state index contributed by atoms with van der Waals surface area (Å²) in [7, 11) is 0. The molecule has 3 rings (SSSR count). The lowest BCUT2D eigenvalue weighted by molar-refractivity contribution is -0.137. The van der Waals surface area contributed by atoms with Crippen molar-refractivity contribution in [3.63, 3.8) is 0 Å². The van der Waals surface area contributed by atoms with Gasteiger partial charge in [-0.3, -0.25) is 4.79 Å². The van der Waals surface area contributed by atoms with Gasteiger partial charge in [0.05, 0.1) is 11.1 Å². The van der Waals surface area contributed by atoms with Crippen molar-refractivity contribution in [2.75, 3.05) is 0 Å². The molecule has 25 heavy (non-hydrogen) atoms. The highest BCUT2D eigenvalue weighted by atomic mass is 19.4. The minimum absolute atomic E-state index is 0.291. The molecule has 0 spiro atoms. The van der Waals surface area contributed by atoms with Gasteiger partial charge in [0, 0.05) is 12.1 Å². The van der Waals surface area contributed by atoms with Crippen LogP contribution in [0, 0.1) is 0 Å². The number of hydrogen-bond donors (Lipinski definition) is 2. The first-order valence-electron chi connectivity index (χ1n) is 8.13. The fraction of sp³-hybridized carbons (Fsp3) is 0.316. The maximum absolute atomic E-state index is 13.0. The van der Waals surface area contributed by atoms with Crippen LogP contribution in [0.5, 0.6) is 0 Å². The van der Waals surface area contributed by atoms with Crippen molar-refractivity contribution < 1.29 is 18.0 Å². The van der Waals surface area contributed by atoms with E-state index in [9.17, 15) is 18.0 Å². The van der Waals surface area contributed by atoms with Crippen LogP contribution in [0.4, 0.5) is 13.2 Å². The molecule has 2 aromatic carbocycles. The lowest BCUT2D eigenvalue weighted by atomic mass is 9.71. The number of carbonyl (C=O) groups is 1. The SMILES string of the molecule is NCc1ccc(C(=O)NC2(c3cccc(C(F)(F)F)c3)CCC2)cc1. The quantitative estimate of drug-likeness (QED) is 0.878. The zero-order valence-corrected chi connectivity index (χ0v) is 13.6. The third kappa shape index (κ3) is 3.54. The second kappa shape index (κ2) is 6.52. The van der Waals surface area contributed by atoms with Gasteiger partial charge < -0.3 is 11.1 Å². The molecule has 0 radical (unpaired) electrons. The van der Waals surface area contributed by atoms with Crippen molar-refractivity contribution in [1.29, 1.82) is 0 Å². The molecule has 2 aromatic rings. The van der Waals surface area contributed by atoms with Gasteiger partial charge in [0.1, 0.15) is 0 Å². The van der Waals surface area contributed by atoms with Crippen LogP contribution in [-0.2, 0) is 18.3 Å². The third-order valence-corrected chi connectivity index (χ3v) is 4.75. The van der Waals surface area contributed by atoms with Crippen LogP contribution in [0.2, 0.25) is 0 Å². The summed E-state index contributed by atoms with van der Waals surface area (Å²) in [6, 6.07) is 12.1. The molecule has 0 aromatic heterocycles. The van der Waals surface area contributed by atoms with Crippen LogP contribution >= 0.6 is 0 Å². The van der Waals surface area contributed by atoms with Crippen molar-refractivity contribution in [3.05, 3.63) is 70.8 Å². The molecule has 6 heteroatoms. The van der Waals surface area contributed by atoms with Gasteiger partial charge in [-0.15, -0.1) is 0 Å². The Hall–Kier alpha value is -2.34. The first-order chi connectivity index (χ1) is 11.8. The van der Waals surface area contributed by atoms with E-state index >= 15 is 0 Å². The van der Waals surface area contributed by atoms with E-state index in [0.29, 0.717) is 30.5 Å². The van der Waals surface area contributed by atoms with Crippen molar-refractivity contribution in [3.8, 4) is 0 Å². The normalized spacial score (nSPS) is 16.2. The number of alkyl halides is 3. The van der Waals surface area contributed by atoms with E-state index in [-0.39, 0.29) is 5.91 Å². The molecule has 0 bridgehead atoms. The van der Waals surface area contributed by atoms with Gasteiger partial charge in [0.2, 0.25) is 0 Å². The largest absolute Gasteiger partial charge is 0.416 e. The fourth-order valence-electron chi connectivity index (χ4n) is 3.09. The third-order valence-electron chi connectivity index (χ3n) is 4.75. The van der Waals surface area contributed by atoms with E-state index in [2.05, 4.69) is 5.32 Å². The summed E-state index contributed by atoms with van der Waals surface area (Å²) in [5, 5.41) is 2.94. The second-order valence-electron chi connectivity index (χ2n) is 6.37. The van der Waals surface area contributed by atoms with Crippen LogP contribution in [0.1, 0.15) is 46.3 Å². The lowest BCUT2D eigenvalue weighted by Gasteiger charge is -2.43. The summed E-state index contributed by atoms with van der Waals surface area (Å²) >= 11 is 0. The van der Waals surface area contributed by atoms with Gasteiger partial charge >= 0.3 is 6.18 Å². The zero-order valence-electron chi connectivity index (χ0n) is 13.6. The van der Waals surface area contributed by atoms with Gasteiger partial charge in [0.25, 0.3) is 5.91 Å². The molecule has 0 heterocycles. The number of rotatable bonds is 4. The summed E-state index contributed by atoms with van der Waals surface area (Å²) in [4.78, 5) is 12.5. The Kier molecular flexibility index (Phi) is 4.56. The maximum atomic E-state index is 13.0. The maximum Gasteiger partial charge on any atom is 0.416 e. The standard InChI is InChI=1S/C19H19F3N2O/c20-19(21,22)16-4-1-3-15(11-16)18(9-2-10-18)24-17(25)14-7-5-13(12-23)6-8-14/h1,3-8,11H,2,9-10,12,23H2,(H,24,25). The first-order valence-corrected chi connectivity index (χ1v) is 8.13. The lowest BCUT2D eigenvalue weighted by Crippen LogP contribution is -2.50. The molecule has 1 amide bonds. The molecule has 132 valence electrons.